The van der Waals surface area contributed by atoms with Crippen molar-refractivity contribution >= 4 is 0 Å². The fourth-order valence-corrected chi connectivity index (χ4v) is 2.96. The molecule has 0 aliphatic carbocycles. The lowest BCUT2D eigenvalue weighted by atomic mass is 9.97. The van der Waals surface area contributed by atoms with Gasteiger partial charge in [-0.15, -0.1) is 0 Å². The van der Waals surface area contributed by atoms with Gasteiger partial charge in [0.1, 0.15) is 5.69 Å². The number of hydrogen-bond donors (Lipinski definition) is 1. The summed E-state index contributed by atoms with van der Waals surface area (Å²) in [6.07, 6.45) is 2.90. The zero-order chi connectivity index (χ0) is 15.5. The zero-order valence-electron chi connectivity index (χ0n) is 13.8. The van der Waals surface area contributed by atoms with E-state index >= 15 is 0 Å². The molecule has 0 saturated carbocycles. The Morgan fingerprint density at radius 3 is 2.76 bits per heavy atom. The lowest BCUT2D eigenvalue weighted by Crippen LogP contribution is -2.61. The number of nitrogens with zero attached hydrogens (tertiary/aromatic N) is 2. The summed E-state index contributed by atoms with van der Waals surface area (Å²) in [7, 11) is 3.33. The fourth-order valence-electron chi connectivity index (χ4n) is 2.96. The molecule has 1 fully saturated rings. The highest BCUT2D eigenvalue weighted by atomic mass is 16.5. The predicted octanol–water partition coefficient (Wildman–Crippen LogP) is 2.06. The summed E-state index contributed by atoms with van der Waals surface area (Å²) >= 11 is 0. The van der Waals surface area contributed by atoms with Gasteiger partial charge in [0.25, 0.3) is 0 Å². The minimum absolute atomic E-state index is 0.123. The fraction of sp³-hybridized carbons (Fsp3) is 0.688. The van der Waals surface area contributed by atoms with E-state index < -0.39 is 0 Å². The third-order valence-corrected chi connectivity index (χ3v) is 4.12. The number of nitrogens with one attached hydrogen (secondary N) is 1. The van der Waals surface area contributed by atoms with Crippen molar-refractivity contribution in [1.82, 2.24) is 15.2 Å². The Hall–Kier alpha value is -1.33. The smallest absolute Gasteiger partial charge is 0.183 e. The van der Waals surface area contributed by atoms with Crippen LogP contribution in [0.1, 0.15) is 32.9 Å². The summed E-state index contributed by atoms with van der Waals surface area (Å²) in [4.78, 5) is 6.99. The van der Waals surface area contributed by atoms with Gasteiger partial charge in [-0.05, 0) is 20.3 Å². The molecular formula is C16H27N3O2. The highest BCUT2D eigenvalue weighted by Crippen LogP contribution is 2.31. The monoisotopic (exact) mass is 293 g/mol. The van der Waals surface area contributed by atoms with E-state index in [-0.39, 0.29) is 5.54 Å². The first-order valence-electron chi connectivity index (χ1n) is 7.55. The average Bonchev–Trinajstić information content (AvgIpc) is 2.46. The Bertz CT molecular complexity index is 477. The first-order valence-corrected chi connectivity index (χ1v) is 7.55. The maximum Gasteiger partial charge on any atom is 0.183 e. The van der Waals surface area contributed by atoms with E-state index in [4.69, 9.17) is 9.47 Å². The van der Waals surface area contributed by atoms with E-state index in [1.807, 2.05) is 6.07 Å². The molecule has 118 valence electrons. The number of aromatic nitrogens is 1. The van der Waals surface area contributed by atoms with Gasteiger partial charge in [-0.2, -0.15) is 0 Å². The average molecular weight is 293 g/mol. The van der Waals surface area contributed by atoms with E-state index in [0.717, 1.165) is 43.2 Å². The molecule has 0 bridgehead atoms. The maximum absolute atomic E-state index is 5.50. The Kier molecular flexibility index (Phi) is 5.06. The highest BCUT2D eigenvalue weighted by molar-refractivity contribution is 5.42. The van der Waals surface area contributed by atoms with Crippen LogP contribution in [0.5, 0.6) is 11.5 Å². The summed E-state index contributed by atoms with van der Waals surface area (Å²) in [5.41, 5.74) is 1.06. The molecule has 5 heteroatoms. The van der Waals surface area contributed by atoms with Gasteiger partial charge < -0.3 is 14.8 Å². The summed E-state index contributed by atoms with van der Waals surface area (Å²) in [5.74, 6) is 1.48. The van der Waals surface area contributed by atoms with Gasteiger partial charge in [0.15, 0.2) is 11.5 Å². The van der Waals surface area contributed by atoms with Gasteiger partial charge in [-0.25, -0.2) is 0 Å². The summed E-state index contributed by atoms with van der Waals surface area (Å²) in [5, 5.41) is 3.61. The van der Waals surface area contributed by atoms with Crippen LogP contribution in [-0.4, -0.2) is 48.8 Å². The summed E-state index contributed by atoms with van der Waals surface area (Å²) in [6, 6.07) is 2.36. The van der Waals surface area contributed by atoms with Crippen molar-refractivity contribution in [2.45, 2.75) is 45.3 Å². The number of pyridine rings is 1. The summed E-state index contributed by atoms with van der Waals surface area (Å²) < 4.78 is 10.9. The number of hydrogen-bond acceptors (Lipinski definition) is 5. The van der Waals surface area contributed by atoms with Crippen LogP contribution in [0.4, 0.5) is 0 Å². The predicted molar refractivity (Wildman–Crippen MR) is 83.9 cm³/mol. The third kappa shape index (κ3) is 3.66. The molecule has 1 aromatic heterocycles. The van der Waals surface area contributed by atoms with Gasteiger partial charge in [-0.1, -0.05) is 6.92 Å². The molecule has 21 heavy (non-hydrogen) atoms. The second-order valence-electron chi connectivity index (χ2n) is 6.22. The van der Waals surface area contributed by atoms with Crippen molar-refractivity contribution in [2.24, 2.45) is 0 Å². The molecule has 1 saturated heterocycles. The molecule has 0 radical (unpaired) electrons. The van der Waals surface area contributed by atoms with Crippen molar-refractivity contribution in [3.63, 3.8) is 0 Å². The molecule has 1 atom stereocenters. The van der Waals surface area contributed by atoms with E-state index in [1.165, 1.54) is 0 Å². The SMILES string of the molecule is CCC1CNC(C)(C)CN1Cc1nccc(OC)c1OC. The number of methoxy groups -OCH3 is 2. The molecule has 0 amide bonds. The molecule has 2 rings (SSSR count). The molecule has 0 spiro atoms. The maximum atomic E-state index is 5.50. The van der Waals surface area contributed by atoms with Crippen molar-refractivity contribution in [2.75, 3.05) is 27.3 Å². The molecule has 5 nitrogen and oxygen atoms in total. The minimum atomic E-state index is 0.123. The lowest BCUT2D eigenvalue weighted by molar-refractivity contribution is 0.0836. The number of ether oxygens (including phenoxy) is 2. The van der Waals surface area contributed by atoms with Crippen LogP contribution in [0.3, 0.4) is 0 Å². The van der Waals surface area contributed by atoms with Gasteiger partial charge in [0.2, 0.25) is 0 Å². The van der Waals surface area contributed by atoms with Crippen LogP contribution in [0, 0.1) is 0 Å². The Balaban J connectivity index is 2.23. The van der Waals surface area contributed by atoms with Gasteiger partial charge in [0, 0.05) is 43.5 Å². The Labute approximate surface area is 127 Å². The number of piperazine rings is 1. The molecule has 1 unspecified atom stereocenters. The second-order valence-corrected chi connectivity index (χ2v) is 6.22. The molecule has 1 aliphatic heterocycles. The molecule has 1 aliphatic rings. The first kappa shape index (κ1) is 16.0. The molecule has 0 aromatic carbocycles. The highest BCUT2D eigenvalue weighted by Gasteiger charge is 2.32. The third-order valence-electron chi connectivity index (χ3n) is 4.12. The van der Waals surface area contributed by atoms with Crippen molar-refractivity contribution in [3.05, 3.63) is 18.0 Å². The Morgan fingerprint density at radius 1 is 1.38 bits per heavy atom. The first-order chi connectivity index (χ1) is 10.0. The summed E-state index contributed by atoms with van der Waals surface area (Å²) in [6.45, 7) is 9.49. The second kappa shape index (κ2) is 6.62. The van der Waals surface area contributed by atoms with Crippen molar-refractivity contribution < 1.29 is 9.47 Å². The minimum Gasteiger partial charge on any atom is -0.493 e. The van der Waals surface area contributed by atoms with Crippen molar-refractivity contribution in [1.29, 1.82) is 0 Å². The normalized spacial score (nSPS) is 22.0. The van der Waals surface area contributed by atoms with Crippen LogP contribution < -0.4 is 14.8 Å². The Morgan fingerprint density at radius 2 is 2.14 bits per heavy atom. The zero-order valence-corrected chi connectivity index (χ0v) is 13.8. The molecule has 2 heterocycles. The lowest BCUT2D eigenvalue weighted by Gasteiger charge is -2.44. The van der Waals surface area contributed by atoms with Gasteiger partial charge in [0.05, 0.1) is 14.2 Å². The quantitative estimate of drug-likeness (QED) is 0.900. The molecule has 1 N–H and O–H groups in total. The van der Waals surface area contributed by atoms with E-state index in [1.54, 1.807) is 20.4 Å². The van der Waals surface area contributed by atoms with Crippen LogP contribution >= 0.6 is 0 Å². The topological polar surface area (TPSA) is 46.6 Å². The van der Waals surface area contributed by atoms with E-state index in [2.05, 4.69) is 36.0 Å². The standard InChI is InChI=1S/C16H27N3O2/c1-6-12-9-18-16(2,3)11-19(12)10-13-15(21-5)14(20-4)7-8-17-13/h7-8,12,18H,6,9-11H2,1-5H3. The largest absolute Gasteiger partial charge is 0.493 e. The number of rotatable bonds is 5. The van der Waals surface area contributed by atoms with Crippen LogP contribution in [-0.2, 0) is 6.54 Å². The van der Waals surface area contributed by atoms with Crippen LogP contribution in [0.25, 0.3) is 0 Å². The van der Waals surface area contributed by atoms with Crippen LogP contribution in [0.2, 0.25) is 0 Å². The molecule has 1 aromatic rings. The van der Waals surface area contributed by atoms with Gasteiger partial charge >= 0.3 is 0 Å². The van der Waals surface area contributed by atoms with E-state index in [0.29, 0.717) is 6.04 Å². The van der Waals surface area contributed by atoms with Crippen LogP contribution in [0.15, 0.2) is 12.3 Å². The molecular weight excluding hydrogens is 266 g/mol. The van der Waals surface area contributed by atoms with E-state index in [9.17, 15) is 0 Å². The van der Waals surface area contributed by atoms with Crippen molar-refractivity contribution in [3.8, 4) is 11.5 Å². The van der Waals surface area contributed by atoms with Gasteiger partial charge in [-0.3, -0.25) is 9.88 Å².